The molecule has 0 spiro atoms. The first-order chi connectivity index (χ1) is 8.69. The second-order valence-corrected chi connectivity index (χ2v) is 5.88. The molecule has 0 aliphatic carbocycles. The molecule has 4 heteroatoms. The summed E-state index contributed by atoms with van der Waals surface area (Å²) in [6.45, 7) is 11.0. The van der Waals surface area contributed by atoms with Crippen molar-refractivity contribution in [1.29, 1.82) is 0 Å². The van der Waals surface area contributed by atoms with E-state index >= 15 is 0 Å². The number of rotatable bonds is 4. The highest BCUT2D eigenvalue weighted by molar-refractivity contribution is 4.85. The predicted molar refractivity (Wildman–Crippen MR) is 75.0 cm³/mol. The number of nitrogens with zero attached hydrogens (tertiary/aromatic N) is 2. The first-order valence-corrected chi connectivity index (χ1v) is 7.46. The third kappa shape index (κ3) is 3.92. The topological polar surface area (TPSA) is 27.7 Å². The zero-order valence-electron chi connectivity index (χ0n) is 12.2. The second-order valence-electron chi connectivity index (χ2n) is 5.88. The van der Waals surface area contributed by atoms with E-state index in [-0.39, 0.29) is 0 Å². The maximum atomic E-state index is 5.87. The lowest BCUT2D eigenvalue weighted by Gasteiger charge is -2.41. The SMILES string of the molecule is CCNC1CCN(CC2CN(C)CCO2)C(C)C1. The molecule has 106 valence electrons. The zero-order valence-corrected chi connectivity index (χ0v) is 12.2. The Balaban J connectivity index is 1.76. The molecule has 2 rings (SSSR count). The Morgan fingerprint density at radius 2 is 2.17 bits per heavy atom. The molecule has 0 aromatic carbocycles. The van der Waals surface area contributed by atoms with Crippen LogP contribution in [0.4, 0.5) is 0 Å². The van der Waals surface area contributed by atoms with Crippen LogP contribution >= 0.6 is 0 Å². The van der Waals surface area contributed by atoms with Crippen LogP contribution in [0.3, 0.4) is 0 Å². The van der Waals surface area contributed by atoms with Gasteiger partial charge in [0.25, 0.3) is 0 Å². The van der Waals surface area contributed by atoms with Gasteiger partial charge in [-0.25, -0.2) is 0 Å². The number of likely N-dealkylation sites (tertiary alicyclic amines) is 1. The minimum Gasteiger partial charge on any atom is -0.374 e. The third-order valence-corrected chi connectivity index (χ3v) is 4.29. The van der Waals surface area contributed by atoms with Gasteiger partial charge in [-0.15, -0.1) is 0 Å². The smallest absolute Gasteiger partial charge is 0.0829 e. The van der Waals surface area contributed by atoms with Crippen molar-refractivity contribution in [1.82, 2.24) is 15.1 Å². The standard InChI is InChI=1S/C14H29N3O/c1-4-15-13-5-6-17(12(2)9-13)11-14-10-16(3)7-8-18-14/h12-15H,4-11H2,1-3H3. The van der Waals surface area contributed by atoms with Crippen LogP contribution in [0.5, 0.6) is 0 Å². The highest BCUT2D eigenvalue weighted by atomic mass is 16.5. The van der Waals surface area contributed by atoms with Crippen LogP contribution in [-0.4, -0.2) is 74.4 Å². The average Bonchev–Trinajstić information content (AvgIpc) is 2.33. The first-order valence-electron chi connectivity index (χ1n) is 7.46. The van der Waals surface area contributed by atoms with E-state index in [4.69, 9.17) is 4.74 Å². The molecule has 0 amide bonds. The molecule has 2 saturated heterocycles. The minimum atomic E-state index is 0.405. The summed E-state index contributed by atoms with van der Waals surface area (Å²) in [6, 6.07) is 1.40. The van der Waals surface area contributed by atoms with Crippen molar-refractivity contribution in [2.24, 2.45) is 0 Å². The van der Waals surface area contributed by atoms with E-state index in [9.17, 15) is 0 Å². The van der Waals surface area contributed by atoms with Crippen LogP contribution in [0.25, 0.3) is 0 Å². The van der Waals surface area contributed by atoms with E-state index in [0.717, 1.165) is 38.8 Å². The van der Waals surface area contributed by atoms with Crippen molar-refractivity contribution in [3.05, 3.63) is 0 Å². The summed E-state index contributed by atoms with van der Waals surface area (Å²) in [5.41, 5.74) is 0. The van der Waals surface area contributed by atoms with Gasteiger partial charge in [-0.1, -0.05) is 6.92 Å². The summed E-state index contributed by atoms with van der Waals surface area (Å²) >= 11 is 0. The van der Waals surface area contributed by atoms with Crippen LogP contribution in [0.15, 0.2) is 0 Å². The molecule has 1 N–H and O–H groups in total. The van der Waals surface area contributed by atoms with Crippen LogP contribution in [-0.2, 0) is 4.74 Å². The number of piperidine rings is 1. The van der Waals surface area contributed by atoms with Gasteiger partial charge in [-0.3, -0.25) is 4.90 Å². The number of morpholine rings is 1. The fourth-order valence-electron chi connectivity index (χ4n) is 3.20. The van der Waals surface area contributed by atoms with Gasteiger partial charge in [-0.2, -0.15) is 0 Å². The van der Waals surface area contributed by atoms with Crippen LogP contribution in [0.2, 0.25) is 0 Å². The summed E-state index contributed by atoms with van der Waals surface area (Å²) < 4.78 is 5.87. The lowest BCUT2D eigenvalue weighted by molar-refractivity contribution is -0.0453. The van der Waals surface area contributed by atoms with E-state index in [0.29, 0.717) is 12.1 Å². The Morgan fingerprint density at radius 3 is 2.83 bits per heavy atom. The number of hydrogen-bond donors (Lipinski definition) is 1. The summed E-state index contributed by atoms with van der Waals surface area (Å²) in [4.78, 5) is 4.99. The molecular formula is C14H29N3O. The maximum Gasteiger partial charge on any atom is 0.0829 e. The normalized spacial score (nSPS) is 35.8. The first kappa shape index (κ1) is 14.3. The minimum absolute atomic E-state index is 0.405. The summed E-state index contributed by atoms with van der Waals surface area (Å²) in [5, 5.41) is 3.58. The number of ether oxygens (including phenoxy) is 1. The molecule has 0 bridgehead atoms. The van der Waals surface area contributed by atoms with E-state index in [1.165, 1.54) is 19.4 Å². The molecule has 2 heterocycles. The zero-order chi connectivity index (χ0) is 13.0. The van der Waals surface area contributed by atoms with Crippen LogP contribution in [0.1, 0.15) is 26.7 Å². The fourth-order valence-corrected chi connectivity index (χ4v) is 3.20. The van der Waals surface area contributed by atoms with Gasteiger partial charge in [0.1, 0.15) is 0 Å². The van der Waals surface area contributed by atoms with Gasteiger partial charge in [0.05, 0.1) is 12.7 Å². The number of nitrogens with one attached hydrogen (secondary N) is 1. The van der Waals surface area contributed by atoms with Crippen molar-refractivity contribution in [2.45, 2.75) is 44.9 Å². The molecule has 0 aromatic heterocycles. The van der Waals surface area contributed by atoms with Gasteiger partial charge < -0.3 is 15.0 Å². The Labute approximate surface area is 112 Å². The predicted octanol–water partition coefficient (Wildman–Crippen LogP) is 0.779. The summed E-state index contributed by atoms with van der Waals surface area (Å²) in [7, 11) is 2.19. The molecule has 0 aromatic rings. The molecule has 2 aliphatic heterocycles. The Morgan fingerprint density at radius 1 is 1.33 bits per heavy atom. The molecule has 18 heavy (non-hydrogen) atoms. The van der Waals surface area contributed by atoms with Crippen molar-refractivity contribution < 1.29 is 4.74 Å². The summed E-state index contributed by atoms with van der Waals surface area (Å²) in [5.74, 6) is 0. The number of hydrogen-bond acceptors (Lipinski definition) is 4. The second kappa shape index (κ2) is 6.85. The highest BCUT2D eigenvalue weighted by Gasteiger charge is 2.28. The fraction of sp³-hybridized carbons (Fsp3) is 1.00. The van der Waals surface area contributed by atoms with Gasteiger partial charge in [0, 0.05) is 38.3 Å². The quantitative estimate of drug-likeness (QED) is 0.803. The Hall–Kier alpha value is -0.160. The molecular weight excluding hydrogens is 226 g/mol. The van der Waals surface area contributed by atoms with Crippen molar-refractivity contribution in [3.63, 3.8) is 0 Å². The lowest BCUT2D eigenvalue weighted by Crippen LogP contribution is -2.52. The third-order valence-electron chi connectivity index (χ3n) is 4.29. The molecule has 3 unspecified atom stereocenters. The van der Waals surface area contributed by atoms with E-state index in [2.05, 4.69) is 36.0 Å². The van der Waals surface area contributed by atoms with E-state index < -0.39 is 0 Å². The highest BCUT2D eigenvalue weighted by Crippen LogP contribution is 2.18. The van der Waals surface area contributed by atoms with Gasteiger partial charge in [0.2, 0.25) is 0 Å². The largest absolute Gasteiger partial charge is 0.374 e. The van der Waals surface area contributed by atoms with Gasteiger partial charge in [-0.05, 0) is 33.4 Å². The number of likely N-dealkylation sites (N-methyl/N-ethyl adjacent to an activating group) is 1. The van der Waals surface area contributed by atoms with Gasteiger partial charge >= 0.3 is 0 Å². The van der Waals surface area contributed by atoms with E-state index in [1.807, 2.05) is 0 Å². The van der Waals surface area contributed by atoms with Crippen LogP contribution < -0.4 is 5.32 Å². The molecule has 0 radical (unpaired) electrons. The van der Waals surface area contributed by atoms with Crippen molar-refractivity contribution in [3.8, 4) is 0 Å². The van der Waals surface area contributed by atoms with Gasteiger partial charge in [0.15, 0.2) is 0 Å². The summed E-state index contributed by atoms with van der Waals surface area (Å²) in [6.07, 6.45) is 2.96. The van der Waals surface area contributed by atoms with E-state index in [1.54, 1.807) is 0 Å². The molecule has 2 aliphatic rings. The molecule has 4 nitrogen and oxygen atoms in total. The van der Waals surface area contributed by atoms with Crippen molar-refractivity contribution >= 4 is 0 Å². The molecule has 2 fully saturated rings. The average molecular weight is 255 g/mol. The maximum absolute atomic E-state index is 5.87. The van der Waals surface area contributed by atoms with Crippen molar-refractivity contribution in [2.75, 3.05) is 46.4 Å². The molecule has 3 atom stereocenters. The lowest BCUT2D eigenvalue weighted by atomic mass is 9.97. The van der Waals surface area contributed by atoms with Crippen LogP contribution in [0, 0.1) is 0 Å². The monoisotopic (exact) mass is 255 g/mol. The Bertz CT molecular complexity index is 249. The Kier molecular flexibility index (Phi) is 5.42. The molecule has 0 saturated carbocycles.